The fourth-order valence-corrected chi connectivity index (χ4v) is 16.9. The molecule has 0 N–H and O–H groups in total. The summed E-state index contributed by atoms with van der Waals surface area (Å²) in [5.41, 5.74) is 13.7. The van der Waals surface area contributed by atoms with E-state index < -0.39 is 0 Å². The second-order valence-corrected chi connectivity index (χ2v) is 29.2. The van der Waals surface area contributed by atoms with Gasteiger partial charge >= 0.3 is 0 Å². The highest BCUT2D eigenvalue weighted by atomic mass is 15.2. The summed E-state index contributed by atoms with van der Waals surface area (Å²) in [5.74, 6) is 0. The molecule has 114 heavy (non-hydrogen) atoms. The fraction of sp³-hybridized carbons (Fsp3) is 0. The van der Waals surface area contributed by atoms with Crippen molar-refractivity contribution < 1.29 is 0 Å². The van der Waals surface area contributed by atoms with Gasteiger partial charge in [0.2, 0.25) is 0 Å². The lowest BCUT2D eigenvalue weighted by Crippen LogP contribution is -2.12. The van der Waals surface area contributed by atoms with Crippen LogP contribution in [0, 0.1) is 0 Å². The summed E-state index contributed by atoms with van der Waals surface area (Å²) in [6, 6.07) is 166. The molecule has 22 rings (SSSR count). The van der Waals surface area contributed by atoms with Crippen molar-refractivity contribution in [1.82, 2.24) is 0 Å². The van der Waals surface area contributed by atoms with E-state index in [4.69, 9.17) is 0 Å². The third-order valence-corrected chi connectivity index (χ3v) is 22.3. The van der Waals surface area contributed by atoms with Crippen molar-refractivity contribution in [3.8, 4) is 0 Å². The van der Waals surface area contributed by atoms with Gasteiger partial charge in [0.25, 0.3) is 0 Å². The normalized spacial score (nSPS) is 11.3. The number of fused-ring (bicyclic) bond motifs is 11. The third-order valence-electron chi connectivity index (χ3n) is 22.3. The van der Waals surface area contributed by atoms with Gasteiger partial charge in [-0.3, -0.25) is 0 Å². The van der Waals surface area contributed by atoms with Crippen LogP contribution in [0.2, 0.25) is 0 Å². The third kappa shape index (κ3) is 13.1. The van der Waals surface area contributed by atoms with Gasteiger partial charge in [-0.15, -0.1) is 0 Å². The van der Waals surface area contributed by atoms with Crippen molar-refractivity contribution in [2.75, 3.05) is 19.6 Å². The molecule has 0 aromatic heterocycles. The molecule has 0 saturated carbocycles. The molecule has 0 atom stereocenters. The number of rotatable bonds is 12. The first-order chi connectivity index (χ1) is 56.5. The van der Waals surface area contributed by atoms with E-state index >= 15 is 0 Å². The molecule has 0 fully saturated rings. The van der Waals surface area contributed by atoms with Crippen LogP contribution in [0.5, 0.6) is 0 Å². The number of hydrogen-bond acceptors (Lipinski definition) is 4. The molecule has 4 heteroatoms. The van der Waals surface area contributed by atoms with Crippen molar-refractivity contribution in [1.29, 1.82) is 0 Å². The maximum Gasteiger partial charge on any atom is 0.0540 e. The van der Waals surface area contributed by atoms with Crippen LogP contribution in [0.1, 0.15) is 0 Å². The highest BCUT2D eigenvalue weighted by molar-refractivity contribution is 6.10. The molecule has 0 spiro atoms. The van der Waals surface area contributed by atoms with E-state index in [1.54, 1.807) is 0 Å². The minimum absolute atomic E-state index is 1.12. The summed E-state index contributed by atoms with van der Waals surface area (Å²) in [5, 5.41) is 26.9. The molecule has 0 radical (unpaired) electrons. The molecule has 0 aliphatic heterocycles. The quantitative estimate of drug-likeness (QED) is 0.121. The van der Waals surface area contributed by atoms with Crippen molar-refractivity contribution in [2.45, 2.75) is 0 Å². The average Bonchev–Trinajstić information content (AvgIpc) is 0.748. The van der Waals surface area contributed by atoms with E-state index in [9.17, 15) is 0 Å². The summed E-state index contributed by atoms with van der Waals surface area (Å²) in [4.78, 5) is 9.66. The Balaban J connectivity index is 0.000000131. The molecule has 22 aromatic rings. The second-order valence-electron chi connectivity index (χ2n) is 29.2. The van der Waals surface area contributed by atoms with E-state index in [1.165, 1.54) is 118 Å². The zero-order valence-corrected chi connectivity index (χ0v) is 62.7. The predicted octanol–water partition coefficient (Wildman–Crippen LogP) is 31.6. The Labute approximate surface area is 663 Å². The molecule has 22 aromatic carbocycles. The largest absolute Gasteiger partial charge is 0.310 e. The fourth-order valence-electron chi connectivity index (χ4n) is 16.9. The summed E-state index contributed by atoms with van der Waals surface area (Å²) < 4.78 is 0. The Kier molecular flexibility index (Phi) is 18.0. The highest BCUT2D eigenvalue weighted by Crippen LogP contribution is 2.48. The summed E-state index contributed by atoms with van der Waals surface area (Å²) in [7, 11) is 0. The standard InChI is InChI=1S/2C50H34N2.C10H8/c1-5-21-43-35(13-1)17-9-25-47(43)51(48-26-10-18-36-14-2-6-22-44(36)48)41-31-29-40-34-42(32-30-39(40)33-41)52(49-27-11-19-37-15-3-7-23-45(37)49)50-28-12-20-38-16-4-8-24-46(38)50;1-3-15-39-31-43(27-23-35(39)11-1)51(49-21-9-17-37-13-5-7-19-47(37)49)45-29-25-42-34-46(30-26-41(42)33-45)52(44-28-24-36-12-2-4-16-40(36)32-44)50-22-10-18-38-14-6-8-20-48(38)50;1-2-6-10-8-4-3-7-9(10)5-1/h2*1-34H;1-8H. The maximum absolute atomic E-state index is 2.43. The molecule has 0 amide bonds. The van der Waals surface area contributed by atoms with Gasteiger partial charge < -0.3 is 19.6 Å². The van der Waals surface area contributed by atoms with Crippen molar-refractivity contribution in [3.05, 3.63) is 461 Å². The van der Waals surface area contributed by atoms with Gasteiger partial charge in [0, 0.05) is 66.4 Å². The van der Waals surface area contributed by atoms with Crippen LogP contribution in [0.3, 0.4) is 0 Å². The van der Waals surface area contributed by atoms with Crippen LogP contribution in [-0.2, 0) is 0 Å². The van der Waals surface area contributed by atoms with Gasteiger partial charge in [0.05, 0.1) is 34.1 Å². The predicted molar refractivity (Wildman–Crippen MR) is 491 cm³/mol. The molecular weight excluding hydrogens is 1380 g/mol. The first-order valence-corrected chi connectivity index (χ1v) is 39.1. The van der Waals surface area contributed by atoms with Gasteiger partial charge in [-0.1, -0.05) is 352 Å². The van der Waals surface area contributed by atoms with E-state index in [1.807, 2.05) is 0 Å². The van der Waals surface area contributed by atoms with E-state index in [0.717, 1.165) is 68.2 Å². The molecule has 0 aliphatic carbocycles. The summed E-state index contributed by atoms with van der Waals surface area (Å²) in [6.45, 7) is 0. The average molecular weight is 1450 g/mol. The highest BCUT2D eigenvalue weighted by Gasteiger charge is 2.24. The molecule has 536 valence electrons. The number of benzene rings is 22. The van der Waals surface area contributed by atoms with Gasteiger partial charge in [-0.25, -0.2) is 0 Å². The second kappa shape index (κ2) is 30.1. The lowest BCUT2D eigenvalue weighted by Gasteiger charge is -2.29. The Morgan fingerprint density at radius 3 is 0.456 bits per heavy atom. The summed E-state index contributed by atoms with van der Waals surface area (Å²) in [6.07, 6.45) is 0. The van der Waals surface area contributed by atoms with Crippen LogP contribution in [0.25, 0.3) is 118 Å². The van der Waals surface area contributed by atoms with Crippen LogP contribution >= 0.6 is 0 Å². The monoisotopic (exact) mass is 1450 g/mol. The molecule has 0 unspecified atom stereocenters. The topological polar surface area (TPSA) is 13.0 Å². The Hall–Kier alpha value is -15.1. The van der Waals surface area contributed by atoms with Crippen molar-refractivity contribution in [2.24, 2.45) is 0 Å². The van der Waals surface area contributed by atoms with E-state index in [0.29, 0.717) is 0 Å². The molecule has 0 heterocycles. The van der Waals surface area contributed by atoms with Crippen LogP contribution in [0.15, 0.2) is 461 Å². The van der Waals surface area contributed by atoms with Crippen LogP contribution < -0.4 is 19.6 Å². The minimum Gasteiger partial charge on any atom is -0.310 e. The summed E-state index contributed by atoms with van der Waals surface area (Å²) >= 11 is 0. The number of hydrogen-bond donors (Lipinski definition) is 0. The molecule has 0 bridgehead atoms. The van der Waals surface area contributed by atoms with Gasteiger partial charge in [0.15, 0.2) is 0 Å². The van der Waals surface area contributed by atoms with Crippen LogP contribution in [-0.4, -0.2) is 0 Å². The van der Waals surface area contributed by atoms with Crippen molar-refractivity contribution >= 4 is 187 Å². The molecule has 4 nitrogen and oxygen atoms in total. The van der Waals surface area contributed by atoms with E-state index in [-0.39, 0.29) is 0 Å². The van der Waals surface area contributed by atoms with Crippen molar-refractivity contribution in [3.63, 3.8) is 0 Å². The zero-order valence-electron chi connectivity index (χ0n) is 62.7. The Morgan fingerprint density at radius 1 is 0.0965 bits per heavy atom. The first kappa shape index (κ1) is 68.2. The SMILES string of the molecule is c1ccc2c(N(c3ccc4cc(N(c5cccc6ccccc56)c5cccc6ccccc56)ccc4c3)c3cccc4ccccc34)cccc2c1.c1ccc2cc(N(c3ccc4cc(N(c5ccc6ccccc6c5)c5cccc6ccccc56)ccc4c3)c3cccc4ccccc34)ccc2c1.c1ccc2ccccc2c1. The molecule has 0 aliphatic rings. The maximum atomic E-state index is 2.43. The van der Waals surface area contributed by atoms with Gasteiger partial charge in [0.1, 0.15) is 0 Å². The lowest BCUT2D eigenvalue weighted by atomic mass is 10.0. The number of anilines is 12. The van der Waals surface area contributed by atoms with Gasteiger partial charge in [-0.05, 0) is 195 Å². The first-order valence-electron chi connectivity index (χ1n) is 39.1. The lowest BCUT2D eigenvalue weighted by molar-refractivity contribution is 1.30. The molecule has 0 saturated heterocycles. The van der Waals surface area contributed by atoms with Gasteiger partial charge in [-0.2, -0.15) is 0 Å². The zero-order chi connectivity index (χ0) is 75.7. The Bertz CT molecular complexity index is 6730. The van der Waals surface area contributed by atoms with Crippen LogP contribution in [0.4, 0.5) is 68.2 Å². The smallest absolute Gasteiger partial charge is 0.0540 e. The minimum atomic E-state index is 1.12. The van der Waals surface area contributed by atoms with E-state index in [2.05, 4.69) is 481 Å². The Morgan fingerprint density at radius 2 is 0.237 bits per heavy atom. The molecular formula is C110H76N4. The number of nitrogens with zero attached hydrogens (tertiary/aromatic N) is 4.